The number of aromatic nitrogens is 1. The molecule has 2 heterocycles. The van der Waals surface area contributed by atoms with Gasteiger partial charge in [-0.25, -0.2) is 4.98 Å². The fraction of sp³-hybridized carbons (Fsp3) is 0.312. The molecule has 1 N–H and O–H groups in total. The van der Waals surface area contributed by atoms with Gasteiger partial charge in [-0.1, -0.05) is 12.1 Å². The van der Waals surface area contributed by atoms with E-state index in [1.54, 1.807) is 29.2 Å². The van der Waals surface area contributed by atoms with Gasteiger partial charge in [0.1, 0.15) is 10.5 Å². The highest BCUT2D eigenvalue weighted by Crippen LogP contribution is 2.28. The van der Waals surface area contributed by atoms with Gasteiger partial charge in [0.05, 0.1) is 6.07 Å². The summed E-state index contributed by atoms with van der Waals surface area (Å²) in [7, 11) is 0. The second-order valence-corrected chi connectivity index (χ2v) is 7.29. The number of thioether (sulfide) groups is 1. The lowest BCUT2D eigenvalue weighted by Gasteiger charge is -2.21. The van der Waals surface area contributed by atoms with Crippen molar-refractivity contribution >= 4 is 29.0 Å². The SMILES string of the molecule is Cc1csc(-c2cccc(C(=O)N[C@]3(C#N)CCSC3)c2)n1. The number of thiazole rings is 1. The molecule has 0 unspecified atom stereocenters. The average molecular weight is 329 g/mol. The summed E-state index contributed by atoms with van der Waals surface area (Å²) in [5.41, 5.74) is 1.74. The summed E-state index contributed by atoms with van der Waals surface area (Å²) in [6, 6.07) is 9.66. The van der Waals surface area contributed by atoms with E-state index < -0.39 is 5.54 Å². The number of carbonyl (C=O) groups excluding carboxylic acids is 1. The van der Waals surface area contributed by atoms with Crippen molar-refractivity contribution in [3.05, 3.63) is 40.9 Å². The molecule has 2 aromatic rings. The molecule has 1 fully saturated rings. The summed E-state index contributed by atoms with van der Waals surface area (Å²) in [6.45, 7) is 1.95. The van der Waals surface area contributed by atoms with Crippen LogP contribution in [-0.2, 0) is 0 Å². The molecular weight excluding hydrogens is 314 g/mol. The molecule has 22 heavy (non-hydrogen) atoms. The molecule has 1 amide bonds. The normalized spacial score (nSPS) is 20.5. The van der Waals surface area contributed by atoms with Crippen LogP contribution in [0.15, 0.2) is 29.6 Å². The van der Waals surface area contributed by atoms with Crippen molar-refractivity contribution in [3.8, 4) is 16.6 Å². The minimum absolute atomic E-state index is 0.195. The van der Waals surface area contributed by atoms with Crippen LogP contribution in [0.3, 0.4) is 0 Å². The number of nitrogens with one attached hydrogen (secondary N) is 1. The van der Waals surface area contributed by atoms with Crippen LogP contribution in [0.25, 0.3) is 10.6 Å². The van der Waals surface area contributed by atoms with Crippen molar-refractivity contribution in [3.63, 3.8) is 0 Å². The molecule has 0 saturated carbocycles. The van der Waals surface area contributed by atoms with E-state index in [1.165, 1.54) is 0 Å². The highest BCUT2D eigenvalue weighted by atomic mass is 32.2. The minimum Gasteiger partial charge on any atom is -0.333 e. The molecule has 1 aliphatic rings. The molecule has 0 aliphatic carbocycles. The van der Waals surface area contributed by atoms with Gasteiger partial charge in [0.2, 0.25) is 0 Å². The second-order valence-electron chi connectivity index (χ2n) is 5.33. The maximum Gasteiger partial charge on any atom is 0.252 e. The van der Waals surface area contributed by atoms with E-state index in [4.69, 9.17) is 0 Å². The van der Waals surface area contributed by atoms with Crippen LogP contribution >= 0.6 is 23.1 Å². The van der Waals surface area contributed by atoms with Crippen LogP contribution in [-0.4, -0.2) is 27.9 Å². The number of carbonyl (C=O) groups is 1. The van der Waals surface area contributed by atoms with E-state index in [0.29, 0.717) is 17.7 Å². The van der Waals surface area contributed by atoms with Crippen LogP contribution < -0.4 is 5.32 Å². The van der Waals surface area contributed by atoms with E-state index in [0.717, 1.165) is 22.0 Å². The lowest BCUT2D eigenvalue weighted by Crippen LogP contribution is -2.47. The van der Waals surface area contributed by atoms with Crippen molar-refractivity contribution in [2.45, 2.75) is 18.9 Å². The van der Waals surface area contributed by atoms with Crippen LogP contribution in [0, 0.1) is 18.3 Å². The van der Waals surface area contributed by atoms with Crippen LogP contribution in [0.1, 0.15) is 22.5 Å². The Bertz CT molecular complexity index is 742. The van der Waals surface area contributed by atoms with Gasteiger partial charge in [-0.3, -0.25) is 4.79 Å². The quantitative estimate of drug-likeness (QED) is 0.939. The monoisotopic (exact) mass is 329 g/mol. The molecule has 0 spiro atoms. The van der Waals surface area contributed by atoms with Gasteiger partial charge in [-0.05, 0) is 31.2 Å². The zero-order valence-corrected chi connectivity index (χ0v) is 13.8. The fourth-order valence-electron chi connectivity index (χ4n) is 2.35. The molecule has 4 nitrogen and oxygen atoms in total. The molecule has 1 aliphatic heterocycles. The zero-order chi connectivity index (χ0) is 15.6. The predicted octanol–water partition coefficient (Wildman–Crippen LogP) is 3.25. The number of hydrogen-bond donors (Lipinski definition) is 1. The van der Waals surface area contributed by atoms with E-state index in [9.17, 15) is 10.1 Å². The maximum absolute atomic E-state index is 12.5. The first-order chi connectivity index (χ1) is 10.6. The predicted molar refractivity (Wildman–Crippen MR) is 90.0 cm³/mol. The van der Waals surface area contributed by atoms with Gasteiger partial charge < -0.3 is 5.32 Å². The fourth-order valence-corrected chi connectivity index (χ4v) is 4.41. The Hall–Kier alpha value is -1.84. The Morgan fingerprint density at radius 1 is 1.50 bits per heavy atom. The summed E-state index contributed by atoms with van der Waals surface area (Å²) >= 11 is 3.26. The third kappa shape index (κ3) is 3.01. The molecule has 1 atom stereocenters. The van der Waals surface area contributed by atoms with Crippen molar-refractivity contribution < 1.29 is 4.79 Å². The largest absolute Gasteiger partial charge is 0.333 e. The Balaban J connectivity index is 1.83. The Labute approximate surface area is 137 Å². The molecule has 6 heteroatoms. The number of hydrogen-bond acceptors (Lipinski definition) is 5. The summed E-state index contributed by atoms with van der Waals surface area (Å²) in [6.07, 6.45) is 0.700. The lowest BCUT2D eigenvalue weighted by molar-refractivity contribution is 0.0926. The zero-order valence-electron chi connectivity index (χ0n) is 12.1. The summed E-state index contributed by atoms with van der Waals surface area (Å²) in [4.78, 5) is 16.9. The summed E-state index contributed by atoms with van der Waals surface area (Å²) in [5, 5.41) is 15.2. The topological polar surface area (TPSA) is 65.8 Å². The van der Waals surface area contributed by atoms with E-state index in [-0.39, 0.29) is 5.91 Å². The third-order valence-corrected chi connectivity index (χ3v) is 5.78. The van der Waals surface area contributed by atoms with Gasteiger partial charge in [0.15, 0.2) is 0 Å². The molecule has 1 aromatic carbocycles. The van der Waals surface area contributed by atoms with Crippen molar-refractivity contribution in [2.75, 3.05) is 11.5 Å². The van der Waals surface area contributed by atoms with E-state index in [2.05, 4.69) is 16.4 Å². The average Bonchev–Trinajstić information content (AvgIpc) is 3.17. The molecule has 0 radical (unpaired) electrons. The highest BCUT2D eigenvalue weighted by molar-refractivity contribution is 7.99. The molecule has 112 valence electrons. The van der Waals surface area contributed by atoms with Gasteiger partial charge in [0.25, 0.3) is 5.91 Å². The second kappa shape index (κ2) is 6.11. The molecule has 3 rings (SSSR count). The van der Waals surface area contributed by atoms with Crippen molar-refractivity contribution in [1.82, 2.24) is 10.3 Å². The van der Waals surface area contributed by atoms with Crippen LogP contribution in [0.2, 0.25) is 0 Å². The number of benzene rings is 1. The standard InChI is InChI=1S/C16H15N3OS2/c1-11-8-22-15(18-11)13-4-2-3-12(7-13)14(20)19-16(9-17)5-6-21-10-16/h2-4,7-8H,5-6,10H2,1H3,(H,19,20)/t16-/m0/s1. The van der Waals surface area contributed by atoms with Gasteiger partial charge in [0, 0.05) is 28.0 Å². The van der Waals surface area contributed by atoms with E-state index in [1.807, 2.05) is 30.5 Å². The van der Waals surface area contributed by atoms with Gasteiger partial charge in [-0.15, -0.1) is 11.3 Å². The Morgan fingerprint density at radius 2 is 2.36 bits per heavy atom. The first-order valence-corrected chi connectivity index (χ1v) is 8.99. The van der Waals surface area contributed by atoms with E-state index >= 15 is 0 Å². The first-order valence-electron chi connectivity index (χ1n) is 6.96. The number of aryl methyl sites for hydroxylation is 1. The number of amides is 1. The summed E-state index contributed by atoms with van der Waals surface area (Å²) < 4.78 is 0. The maximum atomic E-state index is 12.5. The first kappa shape index (κ1) is 15.1. The number of nitrogens with zero attached hydrogens (tertiary/aromatic N) is 2. The van der Waals surface area contributed by atoms with Gasteiger partial charge in [-0.2, -0.15) is 17.0 Å². The highest BCUT2D eigenvalue weighted by Gasteiger charge is 2.36. The number of rotatable bonds is 3. The van der Waals surface area contributed by atoms with Crippen LogP contribution in [0.4, 0.5) is 0 Å². The van der Waals surface area contributed by atoms with Crippen molar-refractivity contribution in [1.29, 1.82) is 5.26 Å². The third-order valence-electron chi connectivity index (χ3n) is 3.58. The lowest BCUT2D eigenvalue weighted by atomic mass is 10.00. The molecule has 1 aromatic heterocycles. The molecule has 0 bridgehead atoms. The van der Waals surface area contributed by atoms with Gasteiger partial charge >= 0.3 is 0 Å². The summed E-state index contributed by atoms with van der Waals surface area (Å²) in [5.74, 6) is 1.37. The minimum atomic E-state index is -0.727. The van der Waals surface area contributed by atoms with Crippen LogP contribution in [0.5, 0.6) is 0 Å². The Morgan fingerprint density at radius 3 is 3.00 bits per heavy atom. The number of nitriles is 1. The molecular formula is C16H15N3OS2. The van der Waals surface area contributed by atoms with Crippen molar-refractivity contribution in [2.24, 2.45) is 0 Å². The smallest absolute Gasteiger partial charge is 0.252 e. The Kier molecular flexibility index (Phi) is 4.19. The molecule has 1 saturated heterocycles.